The summed E-state index contributed by atoms with van der Waals surface area (Å²) in [6, 6.07) is 4.00. The lowest BCUT2D eigenvalue weighted by Gasteiger charge is -2.35. The standard InChI is InChI=1S/C21H30N4O2S/c26-20(10-9-17-5-1-2-6-17)25-14-12-24(13-15-25)11-3-8-19-22-21(23-27-19)18-7-4-16-28-18/h4,7,16-17H,1-3,5-6,8-15H2. The quantitative estimate of drug-likeness (QED) is 0.671. The van der Waals surface area contributed by atoms with Gasteiger partial charge in [0.1, 0.15) is 0 Å². The van der Waals surface area contributed by atoms with Crippen LogP contribution in [0, 0.1) is 5.92 Å². The molecule has 28 heavy (non-hydrogen) atoms. The average Bonchev–Trinajstić information content (AvgIpc) is 3.49. The van der Waals surface area contributed by atoms with Crippen LogP contribution in [0.25, 0.3) is 10.7 Å². The van der Waals surface area contributed by atoms with Gasteiger partial charge in [-0.05, 0) is 36.8 Å². The normalized spacial score (nSPS) is 18.8. The van der Waals surface area contributed by atoms with Gasteiger partial charge >= 0.3 is 0 Å². The predicted molar refractivity (Wildman–Crippen MR) is 110 cm³/mol. The van der Waals surface area contributed by atoms with Gasteiger partial charge in [0.25, 0.3) is 0 Å². The van der Waals surface area contributed by atoms with Crippen molar-refractivity contribution in [1.82, 2.24) is 19.9 Å². The number of piperazine rings is 1. The fourth-order valence-corrected chi connectivity index (χ4v) is 4.97. The summed E-state index contributed by atoms with van der Waals surface area (Å²) in [5.41, 5.74) is 0. The number of nitrogens with zero attached hydrogens (tertiary/aromatic N) is 4. The number of amides is 1. The van der Waals surface area contributed by atoms with E-state index < -0.39 is 0 Å². The second-order valence-electron chi connectivity index (χ2n) is 8.00. The van der Waals surface area contributed by atoms with Crippen LogP contribution in [0.15, 0.2) is 22.0 Å². The minimum atomic E-state index is 0.360. The third-order valence-electron chi connectivity index (χ3n) is 6.04. The molecule has 0 N–H and O–H groups in total. The summed E-state index contributed by atoms with van der Waals surface area (Å²) in [5.74, 6) is 2.56. The Kier molecular flexibility index (Phi) is 6.75. The number of aromatic nitrogens is 2. The number of carbonyl (C=O) groups is 1. The molecule has 0 unspecified atom stereocenters. The first-order valence-electron chi connectivity index (χ1n) is 10.6. The molecule has 0 radical (unpaired) electrons. The van der Waals surface area contributed by atoms with Gasteiger partial charge in [0.15, 0.2) is 0 Å². The fourth-order valence-electron chi connectivity index (χ4n) is 4.32. The first-order chi connectivity index (χ1) is 13.8. The Bertz CT molecular complexity index is 731. The monoisotopic (exact) mass is 402 g/mol. The van der Waals surface area contributed by atoms with Gasteiger partial charge < -0.3 is 9.42 Å². The molecule has 0 bridgehead atoms. The zero-order valence-corrected chi connectivity index (χ0v) is 17.3. The van der Waals surface area contributed by atoms with Crippen LogP contribution in [-0.4, -0.2) is 58.6 Å². The van der Waals surface area contributed by atoms with Gasteiger partial charge in [0.05, 0.1) is 4.88 Å². The molecular weight excluding hydrogens is 372 g/mol. The van der Waals surface area contributed by atoms with Crippen LogP contribution in [0.1, 0.15) is 50.8 Å². The van der Waals surface area contributed by atoms with Crippen molar-refractivity contribution in [3.8, 4) is 10.7 Å². The van der Waals surface area contributed by atoms with Crippen LogP contribution in [0.2, 0.25) is 0 Å². The molecule has 0 spiro atoms. The summed E-state index contributed by atoms with van der Waals surface area (Å²) in [4.78, 5) is 22.5. The molecule has 1 aliphatic carbocycles. The highest BCUT2D eigenvalue weighted by atomic mass is 32.1. The van der Waals surface area contributed by atoms with Crippen molar-refractivity contribution >= 4 is 17.2 Å². The Morgan fingerprint density at radius 1 is 1.21 bits per heavy atom. The van der Waals surface area contributed by atoms with E-state index in [1.807, 2.05) is 17.5 Å². The summed E-state index contributed by atoms with van der Waals surface area (Å²) < 4.78 is 5.37. The van der Waals surface area contributed by atoms with E-state index in [1.54, 1.807) is 11.3 Å². The zero-order chi connectivity index (χ0) is 19.2. The van der Waals surface area contributed by atoms with E-state index in [-0.39, 0.29) is 0 Å². The van der Waals surface area contributed by atoms with Gasteiger partial charge in [-0.1, -0.05) is 36.9 Å². The number of hydrogen-bond donors (Lipinski definition) is 0. The molecule has 2 fully saturated rings. The molecule has 0 aromatic carbocycles. The van der Waals surface area contributed by atoms with Gasteiger partial charge in [-0.3, -0.25) is 9.69 Å². The molecular formula is C21H30N4O2S. The SMILES string of the molecule is O=C(CCC1CCCC1)N1CCN(CCCc2nc(-c3cccs3)no2)CC1. The lowest BCUT2D eigenvalue weighted by Crippen LogP contribution is -2.48. The maximum absolute atomic E-state index is 12.4. The van der Waals surface area contributed by atoms with E-state index in [9.17, 15) is 4.79 Å². The van der Waals surface area contributed by atoms with Gasteiger partial charge in [0.2, 0.25) is 17.6 Å². The number of aryl methyl sites for hydroxylation is 1. The maximum Gasteiger partial charge on any atom is 0.227 e. The van der Waals surface area contributed by atoms with Crippen LogP contribution in [0.3, 0.4) is 0 Å². The first-order valence-corrected chi connectivity index (χ1v) is 11.5. The summed E-state index contributed by atoms with van der Waals surface area (Å²) in [6.07, 6.45) is 9.02. The minimum absolute atomic E-state index is 0.360. The van der Waals surface area contributed by atoms with Crippen LogP contribution >= 0.6 is 11.3 Å². The molecule has 2 aromatic heterocycles. The average molecular weight is 403 g/mol. The Balaban J connectivity index is 1.12. The molecule has 4 rings (SSSR count). The Morgan fingerprint density at radius 3 is 2.79 bits per heavy atom. The van der Waals surface area contributed by atoms with Crippen LogP contribution < -0.4 is 0 Å². The van der Waals surface area contributed by atoms with Crippen LogP contribution in [-0.2, 0) is 11.2 Å². The molecule has 1 aliphatic heterocycles. The zero-order valence-electron chi connectivity index (χ0n) is 16.5. The van der Waals surface area contributed by atoms with Crippen molar-refractivity contribution in [2.75, 3.05) is 32.7 Å². The van der Waals surface area contributed by atoms with Crippen LogP contribution in [0.4, 0.5) is 0 Å². The smallest absolute Gasteiger partial charge is 0.227 e. The maximum atomic E-state index is 12.4. The highest BCUT2D eigenvalue weighted by Crippen LogP contribution is 2.28. The molecule has 6 nitrogen and oxygen atoms in total. The molecule has 2 aliphatic rings. The molecule has 1 saturated carbocycles. The molecule has 0 atom stereocenters. The molecule has 2 aromatic rings. The lowest BCUT2D eigenvalue weighted by molar-refractivity contribution is -0.133. The second kappa shape index (κ2) is 9.65. The van der Waals surface area contributed by atoms with Crippen molar-refractivity contribution in [2.24, 2.45) is 5.92 Å². The topological polar surface area (TPSA) is 62.5 Å². The van der Waals surface area contributed by atoms with Gasteiger partial charge in [-0.25, -0.2) is 0 Å². The van der Waals surface area contributed by atoms with Crippen molar-refractivity contribution < 1.29 is 9.32 Å². The minimum Gasteiger partial charge on any atom is -0.340 e. The van der Waals surface area contributed by atoms with E-state index in [2.05, 4.69) is 19.9 Å². The Hall–Kier alpha value is -1.73. The molecule has 3 heterocycles. The van der Waals surface area contributed by atoms with Crippen molar-refractivity contribution in [3.63, 3.8) is 0 Å². The summed E-state index contributed by atoms with van der Waals surface area (Å²) in [7, 11) is 0. The Labute approximate surface area is 170 Å². The Morgan fingerprint density at radius 2 is 2.04 bits per heavy atom. The van der Waals surface area contributed by atoms with E-state index in [4.69, 9.17) is 4.52 Å². The fraction of sp³-hybridized carbons (Fsp3) is 0.667. The summed E-state index contributed by atoms with van der Waals surface area (Å²) >= 11 is 1.62. The largest absolute Gasteiger partial charge is 0.340 e. The van der Waals surface area contributed by atoms with Gasteiger partial charge in [-0.2, -0.15) is 4.98 Å². The number of hydrogen-bond acceptors (Lipinski definition) is 6. The van der Waals surface area contributed by atoms with E-state index in [1.165, 1.54) is 25.7 Å². The number of thiophene rings is 1. The van der Waals surface area contributed by atoms with Crippen molar-refractivity contribution in [1.29, 1.82) is 0 Å². The molecule has 7 heteroatoms. The summed E-state index contributed by atoms with van der Waals surface area (Å²) in [6.45, 7) is 4.69. The highest BCUT2D eigenvalue weighted by molar-refractivity contribution is 7.13. The van der Waals surface area contributed by atoms with E-state index in [0.29, 0.717) is 17.6 Å². The third kappa shape index (κ3) is 5.20. The first kappa shape index (κ1) is 19.6. The third-order valence-corrected chi connectivity index (χ3v) is 6.91. The predicted octanol–water partition coefficient (Wildman–Crippen LogP) is 3.85. The van der Waals surface area contributed by atoms with E-state index >= 15 is 0 Å². The van der Waals surface area contributed by atoms with Crippen molar-refractivity contribution in [2.45, 2.75) is 51.4 Å². The summed E-state index contributed by atoms with van der Waals surface area (Å²) in [5, 5.41) is 6.08. The lowest BCUT2D eigenvalue weighted by atomic mass is 10.0. The molecule has 1 amide bonds. The second-order valence-corrected chi connectivity index (χ2v) is 8.95. The highest BCUT2D eigenvalue weighted by Gasteiger charge is 2.22. The van der Waals surface area contributed by atoms with E-state index in [0.717, 1.165) is 69.2 Å². The van der Waals surface area contributed by atoms with Crippen LogP contribution in [0.5, 0.6) is 0 Å². The number of rotatable bonds is 8. The van der Waals surface area contributed by atoms with Crippen molar-refractivity contribution in [3.05, 3.63) is 23.4 Å². The van der Waals surface area contributed by atoms with Gasteiger partial charge in [-0.15, -0.1) is 11.3 Å². The van der Waals surface area contributed by atoms with Gasteiger partial charge in [0, 0.05) is 39.0 Å². The molecule has 152 valence electrons. The number of carbonyl (C=O) groups excluding carboxylic acids is 1. The molecule has 1 saturated heterocycles.